The molecule has 0 aromatic carbocycles. The van der Waals surface area contributed by atoms with Gasteiger partial charge >= 0.3 is 0 Å². The molecule has 4 heteroatoms. The summed E-state index contributed by atoms with van der Waals surface area (Å²) in [5.74, 6) is 0.732. The van der Waals surface area contributed by atoms with E-state index in [0.29, 0.717) is 5.56 Å². The minimum absolute atomic E-state index is 0.0929. The molecule has 1 N–H and O–H groups in total. The van der Waals surface area contributed by atoms with Crippen LogP contribution < -0.4 is 5.32 Å². The maximum atomic E-state index is 8.76. The van der Waals surface area contributed by atoms with Gasteiger partial charge < -0.3 is 10.1 Å². The molecule has 1 aliphatic heterocycles. The molecule has 1 aromatic heterocycles. The number of nitriles is 1. The largest absolute Gasteiger partial charge is 0.373 e. The molecular formula is C12H15N3O. The first-order valence-electron chi connectivity index (χ1n) is 5.46. The molecule has 1 atom stereocenters. The van der Waals surface area contributed by atoms with Gasteiger partial charge in [0, 0.05) is 19.3 Å². The molecule has 4 nitrogen and oxygen atoms in total. The Morgan fingerprint density at radius 1 is 1.69 bits per heavy atom. The number of rotatable bonds is 3. The van der Waals surface area contributed by atoms with E-state index in [1.165, 1.54) is 0 Å². The molecule has 16 heavy (non-hydrogen) atoms. The van der Waals surface area contributed by atoms with Gasteiger partial charge in [-0.3, -0.25) is 0 Å². The second kappa shape index (κ2) is 4.50. The number of aromatic nitrogens is 1. The zero-order valence-corrected chi connectivity index (χ0v) is 9.36. The van der Waals surface area contributed by atoms with Crippen molar-refractivity contribution >= 4 is 5.82 Å². The van der Waals surface area contributed by atoms with E-state index in [9.17, 15) is 0 Å². The third kappa shape index (κ3) is 2.50. The van der Waals surface area contributed by atoms with Gasteiger partial charge in [-0.2, -0.15) is 5.26 Å². The first-order valence-corrected chi connectivity index (χ1v) is 5.46. The van der Waals surface area contributed by atoms with Crippen LogP contribution in [0.25, 0.3) is 0 Å². The molecule has 1 fully saturated rings. The summed E-state index contributed by atoms with van der Waals surface area (Å²) in [5.41, 5.74) is 0.527. The molecule has 0 bridgehead atoms. The third-order valence-electron chi connectivity index (χ3n) is 2.83. The van der Waals surface area contributed by atoms with E-state index in [2.05, 4.69) is 23.3 Å². The Bertz CT molecular complexity index is 405. The smallest absolute Gasteiger partial charge is 0.127 e. The number of nitrogens with zero attached hydrogens (tertiary/aromatic N) is 2. The van der Waals surface area contributed by atoms with Crippen LogP contribution >= 0.6 is 0 Å². The highest BCUT2D eigenvalue weighted by Gasteiger charge is 2.29. The lowest BCUT2D eigenvalue weighted by atomic mass is 10.0. The lowest BCUT2D eigenvalue weighted by Gasteiger charge is -2.23. The van der Waals surface area contributed by atoms with Gasteiger partial charge in [-0.25, -0.2) is 4.98 Å². The second-order valence-corrected chi connectivity index (χ2v) is 4.30. The van der Waals surface area contributed by atoms with Gasteiger partial charge in [-0.15, -0.1) is 0 Å². The molecule has 1 aromatic rings. The van der Waals surface area contributed by atoms with Crippen molar-refractivity contribution in [2.75, 3.05) is 18.5 Å². The highest BCUT2D eigenvalue weighted by Crippen LogP contribution is 2.25. The molecule has 0 amide bonds. The van der Waals surface area contributed by atoms with Gasteiger partial charge in [-0.1, -0.05) is 0 Å². The minimum Gasteiger partial charge on any atom is -0.373 e. The average molecular weight is 217 g/mol. The quantitative estimate of drug-likeness (QED) is 0.840. The molecule has 2 rings (SSSR count). The fraction of sp³-hybridized carbons (Fsp3) is 0.500. The summed E-state index contributed by atoms with van der Waals surface area (Å²) in [6, 6.07) is 5.54. The van der Waals surface area contributed by atoms with Crippen molar-refractivity contribution < 1.29 is 4.74 Å². The van der Waals surface area contributed by atoms with Crippen molar-refractivity contribution in [2.24, 2.45) is 0 Å². The lowest BCUT2D eigenvalue weighted by molar-refractivity contribution is 0.0315. The van der Waals surface area contributed by atoms with Crippen molar-refractivity contribution in [3.8, 4) is 6.07 Å². The van der Waals surface area contributed by atoms with Crippen molar-refractivity contribution in [1.29, 1.82) is 5.26 Å². The number of nitrogens with one attached hydrogen (secondary N) is 1. The van der Waals surface area contributed by atoms with Gasteiger partial charge in [0.2, 0.25) is 0 Å². The Balaban J connectivity index is 1.96. The van der Waals surface area contributed by atoms with Gasteiger partial charge in [0.05, 0.1) is 17.2 Å². The predicted molar refractivity (Wildman–Crippen MR) is 61.0 cm³/mol. The summed E-state index contributed by atoms with van der Waals surface area (Å²) in [6.45, 7) is 3.67. The fourth-order valence-corrected chi connectivity index (χ4v) is 1.85. The van der Waals surface area contributed by atoms with Crippen LogP contribution in [-0.2, 0) is 4.74 Å². The molecular weight excluding hydrogens is 202 g/mol. The zero-order valence-electron chi connectivity index (χ0n) is 9.36. The summed E-state index contributed by atoms with van der Waals surface area (Å²) in [6.07, 6.45) is 3.82. The minimum atomic E-state index is -0.0929. The Labute approximate surface area is 95.3 Å². The molecule has 0 spiro atoms. The molecule has 1 aliphatic rings. The number of ether oxygens (including phenoxy) is 1. The molecule has 0 saturated carbocycles. The van der Waals surface area contributed by atoms with Crippen molar-refractivity contribution in [2.45, 2.75) is 25.4 Å². The van der Waals surface area contributed by atoms with E-state index in [0.717, 1.165) is 31.8 Å². The molecule has 0 aliphatic carbocycles. The molecule has 0 radical (unpaired) electrons. The van der Waals surface area contributed by atoms with E-state index in [1.54, 1.807) is 18.3 Å². The molecule has 84 valence electrons. The Morgan fingerprint density at radius 2 is 2.56 bits per heavy atom. The molecule has 1 saturated heterocycles. The van der Waals surface area contributed by atoms with Gasteiger partial charge in [0.25, 0.3) is 0 Å². The topological polar surface area (TPSA) is 57.9 Å². The summed E-state index contributed by atoms with van der Waals surface area (Å²) < 4.78 is 5.66. The maximum Gasteiger partial charge on any atom is 0.127 e. The molecule has 2 heterocycles. The van der Waals surface area contributed by atoms with E-state index in [1.807, 2.05) is 0 Å². The normalized spacial score (nSPS) is 24.0. The summed E-state index contributed by atoms with van der Waals surface area (Å²) >= 11 is 0. The fourth-order valence-electron chi connectivity index (χ4n) is 1.85. The van der Waals surface area contributed by atoms with Crippen LogP contribution in [0, 0.1) is 11.3 Å². The van der Waals surface area contributed by atoms with Crippen LogP contribution in [0.5, 0.6) is 0 Å². The number of hydrogen-bond donors (Lipinski definition) is 1. The summed E-state index contributed by atoms with van der Waals surface area (Å²) in [4.78, 5) is 4.16. The monoisotopic (exact) mass is 217 g/mol. The number of pyridine rings is 1. The lowest BCUT2D eigenvalue weighted by Crippen LogP contribution is -2.32. The highest BCUT2D eigenvalue weighted by atomic mass is 16.5. The Morgan fingerprint density at radius 3 is 3.25 bits per heavy atom. The standard InChI is InChI=1S/C12H15N3O/c1-12(4-2-6-16-12)9-15-11-7-10(8-13)3-5-14-11/h3,5,7H,2,4,6,9H2,1H3,(H,14,15). The van der Waals surface area contributed by atoms with Crippen LogP contribution in [0.3, 0.4) is 0 Å². The Hall–Kier alpha value is -1.60. The average Bonchev–Trinajstić information content (AvgIpc) is 2.75. The van der Waals surface area contributed by atoms with Crippen molar-refractivity contribution in [1.82, 2.24) is 4.98 Å². The van der Waals surface area contributed by atoms with Crippen LogP contribution in [0.1, 0.15) is 25.3 Å². The Kier molecular flexibility index (Phi) is 3.07. The highest BCUT2D eigenvalue weighted by molar-refractivity contribution is 5.42. The maximum absolute atomic E-state index is 8.76. The SMILES string of the molecule is CC1(CNc2cc(C#N)ccn2)CCCO1. The second-order valence-electron chi connectivity index (χ2n) is 4.30. The van der Waals surface area contributed by atoms with E-state index in [-0.39, 0.29) is 5.60 Å². The zero-order chi connectivity index (χ0) is 11.4. The summed E-state index contributed by atoms with van der Waals surface area (Å²) in [7, 11) is 0. The van der Waals surface area contributed by atoms with Crippen LogP contribution in [0.2, 0.25) is 0 Å². The molecule has 1 unspecified atom stereocenters. The van der Waals surface area contributed by atoms with Gasteiger partial charge in [0.15, 0.2) is 0 Å². The van der Waals surface area contributed by atoms with Crippen LogP contribution in [-0.4, -0.2) is 23.7 Å². The first-order chi connectivity index (χ1) is 7.72. The van der Waals surface area contributed by atoms with Gasteiger partial charge in [0.1, 0.15) is 5.82 Å². The van der Waals surface area contributed by atoms with E-state index >= 15 is 0 Å². The van der Waals surface area contributed by atoms with Gasteiger partial charge in [-0.05, 0) is 31.9 Å². The first kappa shape index (κ1) is 10.9. The van der Waals surface area contributed by atoms with Crippen molar-refractivity contribution in [3.63, 3.8) is 0 Å². The third-order valence-corrected chi connectivity index (χ3v) is 2.83. The predicted octanol–water partition coefficient (Wildman–Crippen LogP) is 1.93. The van der Waals surface area contributed by atoms with Crippen molar-refractivity contribution in [3.05, 3.63) is 23.9 Å². The number of anilines is 1. The van der Waals surface area contributed by atoms with E-state index < -0.39 is 0 Å². The number of hydrogen-bond acceptors (Lipinski definition) is 4. The van der Waals surface area contributed by atoms with Crippen LogP contribution in [0.4, 0.5) is 5.82 Å². The van der Waals surface area contributed by atoms with E-state index in [4.69, 9.17) is 10.00 Å². The summed E-state index contributed by atoms with van der Waals surface area (Å²) in [5, 5.41) is 12.0. The van der Waals surface area contributed by atoms with Crippen LogP contribution in [0.15, 0.2) is 18.3 Å².